The number of benzene rings is 1. The van der Waals surface area contributed by atoms with Gasteiger partial charge in [-0.1, -0.05) is 6.07 Å². The zero-order chi connectivity index (χ0) is 13.6. The molecule has 0 spiro atoms. The van der Waals surface area contributed by atoms with Crippen LogP contribution in [-0.4, -0.2) is 17.7 Å². The van der Waals surface area contributed by atoms with Crippen molar-refractivity contribution in [2.75, 3.05) is 6.61 Å². The number of hydrogen-bond donors (Lipinski definition) is 1. The van der Waals surface area contributed by atoms with E-state index in [2.05, 4.69) is 15.9 Å². The molecule has 0 atom stereocenters. The van der Waals surface area contributed by atoms with E-state index in [1.807, 2.05) is 19.1 Å². The van der Waals surface area contributed by atoms with Gasteiger partial charge in [-0.2, -0.15) is 0 Å². The molecular weight excluding hydrogens is 308 g/mol. The molecule has 0 bridgehead atoms. The molecular formula is C15H17BrO3. The van der Waals surface area contributed by atoms with E-state index in [-0.39, 0.29) is 0 Å². The third-order valence-electron chi connectivity index (χ3n) is 4.02. The van der Waals surface area contributed by atoms with Gasteiger partial charge in [-0.15, -0.1) is 0 Å². The number of aryl methyl sites for hydroxylation is 1. The smallest absolute Gasteiger partial charge is 0.314 e. The normalized spacial score (nSPS) is 20.1. The minimum Gasteiger partial charge on any atom is -0.492 e. The van der Waals surface area contributed by atoms with Gasteiger partial charge in [0.25, 0.3) is 0 Å². The molecule has 0 unspecified atom stereocenters. The van der Waals surface area contributed by atoms with Gasteiger partial charge in [0.05, 0.1) is 16.5 Å². The fourth-order valence-corrected chi connectivity index (χ4v) is 3.13. The molecule has 0 radical (unpaired) electrons. The largest absolute Gasteiger partial charge is 0.492 e. The second-order valence-electron chi connectivity index (χ2n) is 5.77. The van der Waals surface area contributed by atoms with Gasteiger partial charge < -0.3 is 9.84 Å². The van der Waals surface area contributed by atoms with Crippen molar-refractivity contribution < 1.29 is 14.6 Å². The van der Waals surface area contributed by atoms with Crippen LogP contribution in [0.25, 0.3) is 0 Å². The molecule has 3 nitrogen and oxygen atoms in total. The number of carbonyl (C=O) groups is 1. The summed E-state index contributed by atoms with van der Waals surface area (Å²) in [5.41, 5.74) is 1.19. The summed E-state index contributed by atoms with van der Waals surface area (Å²) in [6.07, 6.45) is 3.86. The van der Waals surface area contributed by atoms with Crippen LogP contribution in [0.15, 0.2) is 16.6 Å². The standard InChI is InChI=1S/C15H17BrO3/c1-9-6-11(15(4-5-15)14(17)18)13(12(16)7-9)19-8-10-2-3-10/h6-7,10H,2-5,8H2,1H3,(H,17,18). The van der Waals surface area contributed by atoms with Gasteiger partial charge in [-0.3, -0.25) is 4.79 Å². The van der Waals surface area contributed by atoms with Gasteiger partial charge in [0.1, 0.15) is 5.75 Å². The van der Waals surface area contributed by atoms with Crippen LogP contribution in [0.3, 0.4) is 0 Å². The van der Waals surface area contributed by atoms with Gasteiger partial charge in [-0.25, -0.2) is 0 Å². The molecule has 4 heteroatoms. The summed E-state index contributed by atoms with van der Waals surface area (Å²) in [5.74, 6) is 0.653. The molecule has 102 valence electrons. The minimum absolute atomic E-state index is 0.654. The van der Waals surface area contributed by atoms with E-state index in [4.69, 9.17) is 4.74 Å². The Hall–Kier alpha value is -1.03. The number of hydrogen-bond acceptors (Lipinski definition) is 2. The van der Waals surface area contributed by atoms with Crippen molar-refractivity contribution >= 4 is 21.9 Å². The second kappa shape index (κ2) is 4.51. The van der Waals surface area contributed by atoms with Gasteiger partial charge in [0.15, 0.2) is 0 Å². The number of ether oxygens (including phenoxy) is 1. The molecule has 1 aromatic rings. The molecule has 1 N–H and O–H groups in total. The Morgan fingerprint density at radius 3 is 2.68 bits per heavy atom. The molecule has 0 amide bonds. The second-order valence-corrected chi connectivity index (χ2v) is 6.62. The van der Waals surface area contributed by atoms with Crippen molar-refractivity contribution in [1.82, 2.24) is 0 Å². The Morgan fingerprint density at radius 1 is 1.47 bits per heavy atom. The lowest BCUT2D eigenvalue weighted by Gasteiger charge is -2.19. The minimum atomic E-state index is -0.735. The first-order valence-electron chi connectivity index (χ1n) is 6.70. The third-order valence-corrected chi connectivity index (χ3v) is 4.61. The number of rotatable bonds is 5. The molecule has 0 aromatic heterocycles. The Labute approximate surface area is 121 Å². The highest BCUT2D eigenvalue weighted by molar-refractivity contribution is 9.10. The number of carboxylic acid groups (broad SMARTS) is 1. The first-order valence-corrected chi connectivity index (χ1v) is 7.49. The average Bonchev–Trinajstić information content (AvgIpc) is 3.22. The molecule has 2 saturated carbocycles. The van der Waals surface area contributed by atoms with Gasteiger partial charge >= 0.3 is 5.97 Å². The van der Waals surface area contributed by atoms with E-state index in [1.165, 1.54) is 12.8 Å². The zero-order valence-electron chi connectivity index (χ0n) is 10.9. The molecule has 2 aliphatic carbocycles. The van der Waals surface area contributed by atoms with Crippen LogP contribution in [0.4, 0.5) is 0 Å². The average molecular weight is 325 g/mol. The molecule has 0 heterocycles. The predicted octanol–water partition coefficient (Wildman–Crippen LogP) is 3.66. The Morgan fingerprint density at radius 2 is 2.16 bits per heavy atom. The fourth-order valence-electron chi connectivity index (χ4n) is 2.44. The van der Waals surface area contributed by atoms with Gasteiger partial charge in [0, 0.05) is 5.56 Å². The van der Waals surface area contributed by atoms with Crippen LogP contribution < -0.4 is 4.74 Å². The van der Waals surface area contributed by atoms with E-state index >= 15 is 0 Å². The SMILES string of the molecule is Cc1cc(Br)c(OCC2CC2)c(C2(C(=O)O)CC2)c1. The lowest BCUT2D eigenvalue weighted by atomic mass is 9.93. The van der Waals surface area contributed by atoms with Crippen LogP contribution in [0.5, 0.6) is 5.75 Å². The van der Waals surface area contributed by atoms with Crippen molar-refractivity contribution in [2.45, 2.75) is 38.0 Å². The van der Waals surface area contributed by atoms with E-state index in [1.54, 1.807) is 0 Å². The van der Waals surface area contributed by atoms with Crippen LogP contribution in [-0.2, 0) is 10.2 Å². The summed E-state index contributed by atoms with van der Waals surface area (Å²) in [6.45, 7) is 2.68. The van der Waals surface area contributed by atoms with Crippen LogP contribution in [0.1, 0.15) is 36.8 Å². The number of halogens is 1. The third kappa shape index (κ3) is 2.38. The number of carboxylic acids is 1. The van der Waals surface area contributed by atoms with Crippen LogP contribution >= 0.6 is 15.9 Å². The summed E-state index contributed by atoms with van der Waals surface area (Å²) in [5, 5.41) is 9.48. The van der Waals surface area contributed by atoms with Crippen molar-refractivity contribution in [3.05, 3.63) is 27.7 Å². The first-order chi connectivity index (χ1) is 9.03. The summed E-state index contributed by atoms with van der Waals surface area (Å²) < 4.78 is 6.78. The molecule has 2 aliphatic rings. The van der Waals surface area contributed by atoms with Crippen molar-refractivity contribution in [3.8, 4) is 5.75 Å². The van der Waals surface area contributed by atoms with E-state index < -0.39 is 11.4 Å². The maximum Gasteiger partial charge on any atom is 0.314 e. The van der Waals surface area contributed by atoms with Crippen molar-refractivity contribution in [1.29, 1.82) is 0 Å². The van der Waals surface area contributed by atoms with Crippen LogP contribution in [0, 0.1) is 12.8 Å². The molecule has 0 aliphatic heterocycles. The Balaban J connectivity index is 1.98. The summed E-state index contributed by atoms with van der Waals surface area (Å²) in [7, 11) is 0. The molecule has 2 fully saturated rings. The summed E-state index contributed by atoms with van der Waals surface area (Å²) in [4.78, 5) is 11.5. The molecule has 1 aromatic carbocycles. The highest BCUT2D eigenvalue weighted by Gasteiger charge is 2.53. The molecule has 19 heavy (non-hydrogen) atoms. The fraction of sp³-hybridized carbons (Fsp3) is 0.533. The zero-order valence-corrected chi connectivity index (χ0v) is 12.5. The van der Waals surface area contributed by atoms with Crippen molar-refractivity contribution in [3.63, 3.8) is 0 Å². The van der Waals surface area contributed by atoms with Crippen molar-refractivity contribution in [2.24, 2.45) is 5.92 Å². The van der Waals surface area contributed by atoms with Gasteiger partial charge in [0.2, 0.25) is 0 Å². The van der Waals surface area contributed by atoms with E-state index in [9.17, 15) is 9.90 Å². The lowest BCUT2D eigenvalue weighted by molar-refractivity contribution is -0.140. The topological polar surface area (TPSA) is 46.5 Å². The molecule has 3 rings (SSSR count). The quantitative estimate of drug-likeness (QED) is 0.899. The Bertz CT molecular complexity index is 530. The highest BCUT2D eigenvalue weighted by atomic mass is 79.9. The van der Waals surface area contributed by atoms with E-state index in [0.29, 0.717) is 25.4 Å². The first kappa shape index (κ1) is 13.0. The summed E-state index contributed by atoms with van der Waals surface area (Å²) in [6, 6.07) is 3.96. The van der Waals surface area contributed by atoms with E-state index in [0.717, 1.165) is 21.3 Å². The lowest BCUT2D eigenvalue weighted by Crippen LogP contribution is -2.21. The Kier molecular flexibility index (Phi) is 3.08. The maximum absolute atomic E-state index is 11.5. The van der Waals surface area contributed by atoms with Crippen LogP contribution in [0.2, 0.25) is 0 Å². The number of aliphatic carboxylic acids is 1. The van der Waals surface area contributed by atoms with Gasteiger partial charge in [-0.05, 0) is 66.1 Å². The predicted molar refractivity (Wildman–Crippen MR) is 75.6 cm³/mol. The maximum atomic E-state index is 11.5. The highest BCUT2D eigenvalue weighted by Crippen LogP contribution is 2.53. The molecule has 0 saturated heterocycles. The monoisotopic (exact) mass is 324 g/mol. The summed E-state index contributed by atoms with van der Waals surface area (Å²) >= 11 is 3.52.